The number of phenolic OH excluding ortho intramolecular Hbond substituents is 2. The molecule has 0 aliphatic heterocycles. The van der Waals surface area contributed by atoms with Gasteiger partial charge in [0.1, 0.15) is 11.5 Å². The normalized spacial score (nSPS) is 10.8. The van der Waals surface area contributed by atoms with Crippen molar-refractivity contribution in [2.24, 2.45) is 0 Å². The summed E-state index contributed by atoms with van der Waals surface area (Å²) >= 11 is 0. The molecule has 0 fully saturated rings. The van der Waals surface area contributed by atoms with E-state index in [-0.39, 0.29) is 11.5 Å². The third-order valence-electron chi connectivity index (χ3n) is 3.99. The van der Waals surface area contributed by atoms with Crippen LogP contribution < -0.4 is 0 Å². The van der Waals surface area contributed by atoms with Gasteiger partial charge >= 0.3 is 11.3 Å². The molecule has 0 saturated carbocycles. The van der Waals surface area contributed by atoms with Crippen LogP contribution in [0.15, 0.2) is 83.3 Å². The van der Waals surface area contributed by atoms with Gasteiger partial charge in [0.15, 0.2) is 0 Å². The first kappa shape index (κ1) is 14.3. The molecular formula is C21H15O3+. The molecule has 0 amide bonds. The van der Waals surface area contributed by atoms with E-state index in [4.69, 9.17) is 4.42 Å². The standard InChI is InChI=1S/C21H14O3/c22-16-8-6-15(7-9-16)20-13-19(14-4-2-1-3-5-14)18-11-10-17(23)12-21(18)24-20/h1-13H,(H-,22,23)/p+1. The van der Waals surface area contributed by atoms with Crippen LogP contribution in [0, 0.1) is 0 Å². The maximum Gasteiger partial charge on any atom is 0.365 e. The Hall–Kier alpha value is -3.33. The van der Waals surface area contributed by atoms with Gasteiger partial charge in [-0.3, -0.25) is 0 Å². The maximum atomic E-state index is 9.80. The van der Waals surface area contributed by atoms with Gasteiger partial charge in [0.25, 0.3) is 0 Å². The number of aromatic hydroxyl groups is 2. The van der Waals surface area contributed by atoms with Gasteiger partial charge in [-0.2, -0.15) is 0 Å². The van der Waals surface area contributed by atoms with Crippen LogP contribution in [0.25, 0.3) is 33.4 Å². The van der Waals surface area contributed by atoms with Gasteiger partial charge < -0.3 is 10.2 Å². The Kier molecular flexibility index (Phi) is 3.39. The van der Waals surface area contributed by atoms with E-state index < -0.39 is 0 Å². The monoisotopic (exact) mass is 315 g/mol. The molecule has 0 aliphatic rings. The summed E-state index contributed by atoms with van der Waals surface area (Å²) < 4.78 is 5.99. The summed E-state index contributed by atoms with van der Waals surface area (Å²) in [5.41, 5.74) is 3.57. The van der Waals surface area contributed by atoms with Gasteiger partial charge in [0.05, 0.1) is 23.1 Å². The minimum absolute atomic E-state index is 0.160. The Morgan fingerprint density at radius 2 is 1.33 bits per heavy atom. The molecule has 1 aromatic heterocycles. The van der Waals surface area contributed by atoms with Crippen LogP contribution in [0.3, 0.4) is 0 Å². The SMILES string of the molecule is Oc1ccc(-c2cc(-c3ccccc3)c3ccc(O)cc3[o+]2)cc1. The largest absolute Gasteiger partial charge is 0.508 e. The number of hydrogen-bond acceptors (Lipinski definition) is 2. The smallest absolute Gasteiger partial charge is 0.365 e. The van der Waals surface area contributed by atoms with E-state index >= 15 is 0 Å². The highest BCUT2D eigenvalue weighted by molar-refractivity contribution is 5.95. The molecule has 0 aliphatic carbocycles. The molecule has 2 N–H and O–H groups in total. The lowest BCUT2D eigenvalue weighted by Crippen LogP contribution is -1.85. The first-order valence-corrected chi connectivity index (χ1v) is 7.65. The number of rotatable bonds is 2. The van der Waals surface area contributed by atoms with E-state index in [1.54, 1.807) is 36.4 Å². The minimum Gasteiger partial charge on any atom is -0.508 e. The van der Waals surface area contributed by atoms with Gasteiger partial charge in [0, 0.05) is 5.56 Å². The fraction of sp³-hybridized carbons (Fsp3) is 0. The Labute approximate surface area is 139 Å². The lowest BCUT2D eigenvalue weighted by atomic mass is 9.99. The van der Waals surface area contributed by atoms with Crippen molar-refractivity contribution in [1.29, 1.82) is 0 Å². The van der Waals surface area contributed by atoms with Crippen LogP contribution in [-0.2, 0) is 0 Å². The second-order valence-electron chi connectivity index (χ2n) is 5.62. The van der Waals surface area contributed by atoms with Crippen LogP contribution in [0.1, 0.15) is 0 Å². The summed E-state index contributed by atoms with van der Waals surface area (Å²) in [5, 5.41) is 20.2. The molecule has 0 atom stereocenters. The van der Waals surface area contributed by atoms with Crippen LogP contribution in [0.5, 0.6) is 11.5 Å². The molecule has 3 aromatic carbocycles. The zero-order valence-corrected chi connectivity index (χ0v) is 12.8. The molecule has 3 heteroatoms. The van der Waals surface area contributed by atoms with Crippen LogP contribution in [0.4, 0.5) is 0 Å². The average Bonchev–Trinajstić information content (AvgIpc) is 2.62. The van der Waals surface area contributed by atoms with E-state index in [2.05, 4.69) is 0 Å². The molecule has 4 rings (SSSR count). The summed E-state index contributed by atoms with van der Waals surface area (Å²) in [7, 11) is 0. The lowest BCUT2D eigenvalue weighted by Gasteiger charge is -2.04. The van der Waals surface area contributed by atoms with Crippen LogP contribution in [0.2, 0.25) is 0 Å². The predicted molar refractivity (Wildman–Crippen MR) is 94.8 cm³/mol. The summed E-state index contributed by atoms with van der Waals surface area (Å²) in [6.07, 6.45) is 0. The van der Waals surface area contributed by atoms with Crippen molar-refractivity contribution in [2.45, 2.75) is 0 Å². The zero-order chi connectivity index (χ0) is 16.5. The topological polar surface area (TPSA) is 51.8 Å². The Morgan fingerprint density at radius 1 is 0.625 bits per heavy atom. The highest BCUT2D eigenvalue weighted by Crippen LogP contribution is 2.35. The van der Waals surface area contributed by atoms with E-state index in [0.717, 1.165) is 22.1 Å². The Morgan fingerprint density at radius 3 is 2.08 bits per heavy atom. The minimum atomic E-state index is 0.160. The molecule has 4 aromatic rings. The third-order valence-corrected chi connectivity index (χ3v) is 3.99. The molecule has 0 spiro atoms. The van der Waals surface area contributed by atoms with E-state index in [0.29, 0.717) is 11.3 Å². The molecule has 24 heavy (non-hydrogen) atoms. The molecule has 0 saturated heterocycles. The van der Waals surface area contributed by atoms with Crippen molar-refractivity contribution >= 4 is 11.0 Å². The third kappa shape index (κ3) is 2.57. The van der Waals surface area contributed by atoms with Gasteiger partial charge in [-0.05, 0) is 42.0 Å². The van der Waals surface area contributed by atoms with Crippen molar-refractivity contribution in [1.82, 2.24) is 0 Å². The van der Waals surface area contributed by atoms with Crippen molar-refractivity contribution in [2.75, 3.05) is 0 Å². The fourth-order valence-corrected chi connectivity index (χ4v) is 2.80. The van der Waals surface area contributed by atoms with Crippen molar-refractivity contribution in [3.63, 3.8) is 0 Å². The maximum absolute atomic E-state index is 9.80. The average molecular weight is 315 g/mol. The lowest BCUT2D eigenvalue weighted by molar-refractivity contribution is 0.474. The van der Waals surface area contributed by atoms with Gasteiger partial charge in [-0.15, -0.1) is 0 Å². The first-order chi connectivity index (χ1) is 11.7. The summed E-state index contributed by atoms with van der Waals surface area (Å²) in [6, 6.07) is 24.0. The van der Waals surface area contributed by atoms with Gasteiger partial charge in [-0.1, -0.05) is 30.3 Å². The first-order valence-electron chi connectivity index (χ1n) is 7.65. The molecule has 3 nitrogen and oxygen atoms in total. The van der Waals surface area contributed by atoms with Gasteiger partial charge in [-0.25, -0.2) is 4.42 Å². The molecule has 116 valence electrons. The van der Waals surface area contributed by atoms with Crippen LogP contribution in [-0.4, -0.2) is 10.2 Å². The molecule has 0 bridgehead atoms. The second kappa shape index (κ2) is 5.70. The van der Waals surface area contributed by atoms with Crippen LogP contribution >= 0.6 is 0 Å². The summed E-state index contributed by atoms with van der Waals surface area (Å²) in [5.74, 6) is 1.04. The zero-order valence-electron chi connectivity index (χ0n) is 12.8. The Bertz CT molecular complexity index is 1010. The van der Waals surface area contributed by atoms with Gasteiger partial charge in [0.2, 0.25) is 0 Å². The number of fused-ring (bicyclic) bond motifs is 1. The Balaban J connectivity index is 2.01. The van der Waals surface area contributed by atoms with E-state index in [9.17, 15) is 10.2 Å². The quantitative estimate of drug-likeness (QED) is 0.483. The van der Waals surface area contributed by atoms with Crippen molar-refractivity contribution < 1.29 is 14.6 Å². The molecule has 1 heterocycles. The molecule has 0 unspecified atom stereocenters. The number of benzene rings is 3. The second-order valence-corrected chi connectivity index (χ2v) is 5.62. The summed E-state index contributed by atoms with van der Waals surface area (Å²) in [4.78, 5) is 0. The molecular weight excluding hydrogens is 300 g/mol. The highest BCUT2D eigenvalue weighted by Gasteiger charge is 2.20. The van der Waals surface area contributed by atoms with Crippen molar-refractivity contribution in [3.8, 4) is 33.9 Å². The summed E-state index contributed by atoms with van der Waals surface area (Å²) in [6.45, 7) is 0. The van der Waals surface area contributed by atoms with E-state index in [1.165, 1.54) is 0 Å². The van der Waals surface area contributed by atoms with Crippen molar-refractivity contribution in [3.05, 3.63) is 78.9 Å². The highest BCUT2D eigenvalue weighted by atomic mass is 16.3. The predicted octanol–water partition coefficient (Wildman–Crippen LogP) is 5.46. The number of hydrogen-bond donors (Lipinski definition) is 2. The number of phenols is 2. The molecule has 0 radical (unpaired) electrons. The van der Waals surface area contributed by atoms with E-state index in [1.807, 2.05) is 42.5 Å². The fourth-order valence-electron chi connectivity index (χ4n) is 2.80.